The maximum Gasteiger partial charge on any atom is 0.348 e. The lowest BCUT2D eigenvalue weighted by atomic mass is 10.1. The van der Waals surface area contributed by atoms with Gasteiger partial charge >= 0.3 is 5.97 Å². The molecule has 0 heterocycles. The van der Waals surface area contributed by atoms with Gasteiger partial charge in [0, 0.05) is 0 Å². The molecule has 0 bridgehead atoms. The first kappa shape index (κ1) is 14.0. The summed E-state index contributed by atoms with van der Waals surface area (Å²) < 4.78 is 5.10. The summed E-state index contributed by atoms with van der Waals surface area (Å²) in [4.78, 5) is 11.7. The van der Waals surface area contributed by atoms with Crippen molar-refractivity contribution in [2.45, 2.75) is 26.9 Å². The minimum atomic E-state index is -0.554. The quantitative estimate of drug-likeness (QED) is 0.453. The van der Waals surface area contributed by atoms with Crippen molar-refractivity contribution in [3.05, 3.63) is 47.5 Å². The number of carbonyl (C=O) groups excluding carboxylic acids is 1. The molecule has 0 saturated heterocycles. The summed E-state index contributed by atoms with van der Waals surface area (Å²) in [6.07, 6.45) is 2.55. The second-order valence-electron chi connectivity index (χ2n) is 4.14. The molecule has 1 rings (SSSR count). The Hall–Kier alpha value is -2.08. The van der Waals surface area contributed by atoms with Crippen molar-refractivity contribution < 1.29 is 9.53 Å². The normalized spacial score (nSPS) is 12.6. The molecule has 0 fully saturated rings. The fourth-order valence-corrected chi connectivity index (χ4v) is 1.35. The Morgan fingerprint density at radius 2 is 2.11 bits per heavy atom. The van der Waals surface area contributed by atoms with E-state index >= 15 is 0 Å². The molecule has 0 amide bonds. The van der Waals surface area contributed by atoms with E-state index in [0.29, 0.717) is 0 Å². The Bertz CT molecular complexity index is 457. The van der Waals surface area contributed by atoms with Crippen LogP contribution in [0, 0.1) is 17.2 Å². The van der Waals surface area contributed by atoms with Crippen molar-refractivity contribution in [3.63, 3.8) is 0 Å². The highest BCUT2D eigenvalue weighted by atomic mass is 16.5. The molecular formula is C15H17NO2. The standard InChI is InChI=1S/C15H17NO2/c1-3-12(2)9-14(10-16)15(17)18-11-13-7-5-4-6-8-13/h4-9,12H,3,11H2,1-2H3/b14-9-. The molecular weight excluding hydrogens is 226 g/mol. The third-order valence-electron chi connectivity index (χ3n) is 2.65. The molecule has 94 valence electrons. The van der Waals surface area contributed by atoms with Crippen LogP contribution in [0.3, 0.4) is 0 Å². The van der Waals surface area contributed by atoms with Crippen LogP contribution in [-0.2, 0) is 16.1 Å². The fraction of sp³-hybridized carbons (Fsp3) is 0.333. The topological polar surface area (TPSA) is 50.1 Å². The van der Waals surface area contributed by atoms with Crippen molar-refractivity contribution in [2.75, 3.05) is 0 Å². The van der Waals surface area contributed by atoms with Crippen LogP contribution in [-0.4, -0.2) is 5.97 Å². The Balaban J connectivity index is 2.59. The van der Waals surface area contributed by atoms with Gasteiger partial charge in [0.25, 0.3) is 0 Å². The van der Waals surface area contributed by atoms with Crippen LogP contribution in [0.4, 0.5) is 0 Å². The van der Waals surface area contributed by atoms with Crippen LogP contribution in [0.1, 0.15) is 25.8 Å². The third-order valence-corrected chi connectivity index (χ3v) is 2.65. The second-order valence-corrected chi connectivity index (χ2v) is 4.14. The van der Waals surface area contributed by atoms with Gasteiger partial charge in [0.05, 0.1) is 0 Å². The van der Waals surface area contributed by atoms with Gasteiger partial charge in [0.2, 0.25) is 0 Å². The molecule has 0 saturated carbocycles. The smallest absolute Gasteiger partial charge is 0.348 e. The average Bonchev–Trinajstić information content (AvgIpc) is 2.42. The molecule has 0 aliphatic heterocycles. The van der Waals surface area contributed by atoms with Crippen molar-refractivity contribution in [3.8, 4) is 6.07 Å². The van der Waals surface area contributed by atoms with E-state index in [1.807, 2.05) is 50.2 Å². The number of hydrogen-bond acceptors (Lipinski definition) is 3. The molecule has 0 N–H and O–H groups in total. The van der Waals surface area contributed by atoms with Crippen LogP contribution in [0.5, 0.6) is 0 Å². The summed E-state index contributed by atoms with van der Waals surface area (Å²) in [7, 11) is 0. The van der Waals surface area contributed by atoms with E-state index in [0.717, 1.165) is 12.0 Å². The van der Waals surface area contributed by atoms with Gasteiger partial charge in [-0.2, -0.15) is 5.26 Å². The zero-order chi connectivity index (χ0) is 13.4. The van der Waals surface area contributed by atoms with Crippen molar-refractivity contribution in [2.24, 2.45) is 5.92 Å². The number of carbonyl (C=O) groups is 1. The van der Waals surface area contributed by atoms with Crippen LogP contribution in [0.2, 0.25) is 0 Å². The highest BCUT2D eigenvalue weighted by Crippen LogP contribution is 2.09. The number of ether oxygens (including phenoxy) is 1. The third kappa shape index (κ3) is 4.42. The van der Waals surface area contributed by atoms with Crippen LogP contribution < -0.4 is 0 Å². The minimum absolute atomic E-state index is 0.0836. The first-order chi connectivity index (χ1) is 8.67. The molecule has 0 aliphatic carbocycles. The van der Waals surface area contributed by atoms with E-state index in [9.17, 15) is 4.79 Å². The van der Waals surface area contributed by atoms with Gasteiger partial charge in [-0.05, 0) is 11.5 Å². The fourth-order valence-electron chi connectivity index (χ4n) is 1.35. The molecule has 1 unspecified atom stereocenters. The first-order valence-electron chi connectivity index (χ1n) is 6.00. The van der Waals surface area contributed by atoms with Crippen molar-refractivity contribution in [1.29, 1.82) is 5.26 Å². The predicted octanol–water partition coefficient (Wildman–Crippen LogP) is 3.23. The van der Waals surface area contributed by atoms with Crippen LogP contribution >= 0.6 is 0 Å². The lowest BCUT2D eigenvalue weighted by Crippen LogP contribution is -2.08. The zero-order valence-electron chi connectivity index (χ0n) is 10.7. The molecule has 1 atom stereocenters. The van der Waals surface area contributed by atoms with E-state index in [-0.39, 0.29) is 18.1 Å². The summed E-state index contributed by atoms with van der Waals surface area (Å²) in [6, 6.07) is 11.3. The maximum absolute atomic E-state index is 11.7. The van der Waals surface area contributed by atoms with Crippen LogP contribution in [0.25, 0.3) is 0 Å². The molecule has 3 nitrogen and oxygen atoms in total. The number of allylic oxidation sites excluding steroid dienone is 1. The van der Waals surface area contributed by atoms with Gasteiger partial charge < -0.3 is 4.74 Å². The molecule has 1 aromatic carbocycles. The molecule has 0 radical (unpaired) electrons. The van der Waals surface area contributed by atoms with Gasteiger partial charge in [-0.15, -0.1) is 0 Å². The van der Waals surface area contributed by atoms with Gasteiger partial charge in [0.1, 0.15) is 18.2 Å². The van der Waals surface area contributed by atoms with E-state index in [1.165, 1.54) is 0 Å². The van der Waals surface area contributed by atoms with Crippen molar-refractivity contribution in [1.82, 2.24) is 0 Å². The van der Waals surface area contributed by atoms with Gasteiger partial charge in [-0.25, -0.2) is 4.79 Å². The zero-order valence-corrected chi connectivity index (χ0v) is 10.7. The summed E-state index contributed by atoms with van der Waals surface area (Å²) in [5.74, 6) is -0.356. The second kappa shape index (κ2) is 7.29. The Morgan fingerprint density at radius 3 is 2.67 bits per heavy atom. The Kier molecular flexibility index (Phi) is 5.66. The number of esters is 1. The molecule has 3 heteroatoms. The first-order valence-corrected chi connectivity index (χ1v) is 6.00. The van der Waals surface area contributed by atoms with Gasteiger partial charge in [-0.3, -0.25) is 0 Å². The maximum atomic E-state index is 11.7. The van der Waals surface area contributed by atoms with Gasteiger partial charge in [-0.1, -0.05) is 56.7 Å². The Morgan fingerprint density at radius 1 is 1.44 bits per heavy atom. The summed E-state index contributed by atoms with van der Waals surface area (Å²) in [5, 5.41) is 8.92. The van der Waals surface area contributed by atoms with Gasteiger partial charge in [0.15, 0.2) is 0 Å². The predicted molar refractivity (Wildman–Crippen MR) is 69.4 cm³/mol. The molecule has 18 heavy (non-hydrogen) atoms. The van der Waals surface area contributed by atoms with Crippen LogP contribution in [0.15, 0.2) is 42.0 Å². The molecule has 0 aliphatic rings. The highest BCUT2D eigenvalue weighted by Gasteiger charge is 2.11. The number of nitrogens with zero attached hydrogens (tertiary/aromatic N) is 1. The SMILES string of the molecule is CCC(C)/C=C(/C#N)C(=O)OCc1ccccc1. The monoisotopic (exact) mass is 243 g/mol. The lowest BCUT2D eigenvalue weighted by Gasteiger charge is -2.05. The largest absolute Gasteiger partial charge is 0.457 e. The number of hydrogen-bond donors (Lipinski definition) is 0. The minimum Gasteiger partial charge on any atom is -0.457 e. The molecule has 1 aromatic rings. The highest BCUT2D eigenvalue weighted by molar-refractivity contribution is 5.92. The van der Waals surface area contributed by atoms with E-state index in [2.05, 4.69) is 0 Å². The van der Waals surface area contributed by atoms with E-state index in [1.54, 1.807) is 6.08 Å². The van der Waals surface area contributed by atoms with E-state index in [4.69, 9.17) is 10.00 Å². The van der Waals surface area contributed by atoms with Crippen molar-refractivity contribution >= 4 is 5.97 Å². The summed E-state index contributed by atoms with van der Waals surface area (Å²) in [5.41, 5.74) is 0.993. The average molecular weight is 243 g/mol. The number of benzene rings is 1. The summed E-state index contributed by atoms with van der Waals surface area (Å²) in [6.45, 7) is 4.16. The van der Waals surface area contributed by atoms with E-state index < -0.39 is 5.97 Å². The lowest BCUT2D eigenvalue weighted by molar-refractivity contribution is -0.139. The molecule has 0 aromatic heterocycles. The Labute approximate surface area is 108 Å². The number of nitriles is 1. The number of rotatable bonds is 5. The molecule has 0 spiro atoms. The summed E-state index contributed by atoms with van der Waals surface area (Å²) >= 11 is 0.